The van der Waals surface area contributed by atoms with Crippen molar-refractivity contribution in [3.63, 3.8) is 0 Å². The molecule has 0 spiro atoms. The number of carboxylic acids is 1. The van der Waals surface area contributed by atoms with Gasteiger partial charge in [0.2, 0.25) is 0 Å². The molecule has 66 valence electrons. The van der Waals surface area contributed by atoms with Gasteiger partial charge < -0.3 is 10.0 Å². The molecule has 0 unspecified atom stereocenters. The van der Waals surface area contributed by atoms with Crippen LogP contribution in [0.25, 0.3) is 0 Å². The van der Waals surface area contributed by atoms with Crippen LogP contribution in [0.3, 0.4) is 0 Å². The highest BCUT2D eigenvalue weighted by Crippen LogP contribution is 2.02. The van der Waals surface area contributed by atoms with Gasteiger partial charge in [0.05, 0.1) is 6.42 Å². The summed E-state index contributed by atoms with van der Waals surface area (Å²) in [7, 11) is 0. The van der Waals surface area contributed by atoms with Crippen molar-refractivity contribution < 1.29 is 9.90 Å². The van der Waals surface area contributed by atoms with Crippen LogP contribution in [0.4, 0.5) is 0 Å². The van der Waals surface area contributed by atoms with Gasteiger partial charge in [-0.05, 0) is 20.0 Å². The van der Waals surface area contributed by atoms with Crippen LogP contribution in [0, 0.1) is 0 Å². The number of carbonyl (C=O) groups is 1. The monoisotopic (exact) mass is 159 g/mol. The Kier molecular flexibility index (Phi) is 4.86. The molecular weight excluding hydrogens is 142 g/mol. The lowest BCUT2D eigenvalue weighted by atomic mass is 10.2. The van der Waals surface area contributed by atoms with Gasteiger partial charge >= 0.3 is 5.97 Å². The molecular formula is C8H17NO2. The van der Waals surface area contributed by atoms with E-state index in [0.717, 1.165) is 13.1 Å². The first-order valence-corrected chi connectivity index (χ1v) is 4.07. The number of nitrogens with zero attached hydrogens (tertiary/aromatic N) is 1. The van der Waals surface area contributed by atoms with Crippen molar-refractivity contribution in [2.45, 2.75) is 33.2 Å². The minimum Gasteiger partial charge on any atom is -0.481 e. The molecule has 3 heteroatoms. The highest BCUT2D eigenvalue weighted by atomic mass is 16.4. The van der Waals surface area contributed by atoms with Gasteiger partial charge in [0.15, 0.2) is 0 Å². The van der Waals surface area contributed by atoms with E-state index in [4.69, 9.17) is 5.11 Å². The second kappa shape index (κ2) is 5.13. The van der Waals surface area contributed by atoms with Crippen LogP contribution in [0.15, 0.2) is 0 Å². The number of hydrogen-bond donors (Lipinski definition) is 1. The van der Waals surface area contributed by atoms with Gasteiger partial charge in [-0.15, -0.1) is 0 Å². The lowest BCUT2D eigenvalue weighted by Gasteiger charge is -2.24. The van der Waals surface area contributed by atoms with Crippen molar-refractivity contribution >= 4 is 5.97 Å². The first-order valence-electron chi connectivity index (χ1n) is 4.07. The summed E-state index contributed by atoms with van der Waals surface area (Å²) in [6, 6.07) is 0.155. The van der Waals surface area contributed by atoms with E-state index in [1.165, 1.54) is 0 Å². The minimum absolute atomic E-state index is 0.155. The molecule has 0 rings (SSSR count). The van der Waals surface area contributed by atoms with Crippen LogP contribution in [-0.2, 0) is 4.79 Å². The molecule has 0 aromatic rings. The molecule has 0 aliphatic heterocycles. The zero-order valence-corrected chi connectivity index (χ0v) is 7.50. The second-order valence-electron chi connectivity index (χ2n) is 2.67. The van der Waals surface area contributed by atoms with Gasteiger partial charge in [-0.3, -0.25) is 4.79 Å². The highest BCUT2D eigenvalue weighted by molar-refractivity contribution is 5.67. The van der Waals surface area contributed by atoms with Crippen LogP contribution in [0.2, 0.25) is 0 Å². The maximum Gasteiger partial charge on any atom is 0.304 e. The fourth-order valence-corrected chi connectivity index (χ4v) is 1.23. The molecule has 0 aliphatic carbocycles. The number of aliphatic carboxylic acids is 1. The van der Waals surface area contributed by atoms with E-state index < -0.39 is 5.97 Å². The molecule has 0 fully saturated rings. The smallest absolute Gasteiger partial charge is 0.304 e. The van der Waals surface area contributed by atoms with Crippen LogP contribution >= 0.6 is 0 Å². The van der Waals surface area contributed by atoms with Gasteiger partial charge in [0.25, 0.3) is 0 Å². The van der Waals surface area contributed by atoms with Gasteiger partial charge in [-0.25, -0.2) is 0 Å². The first-order chi connectivity index (χ1) is 5.11. The topological polar surface area (TPSA) is 40.5 Å². The van der Waals surface area contributed by atoms with Gasteiger partial charge in [0, 0.05) is 6.04 Å². The van der Waals surface area contributed by atoms with E-state index in [1.807, 2.05) is 20.8 Å². The van der Waals surface area contributed by atoms with Crippen molar-refractivity contribution in [2.24, 2.45) is 0 Å². The van der Waals surface area contributed by atoms with Crippen molar-refractivity contribution in [2.75, 3.05) is 13.1 Å². The van der Waals surface area contributed by atoms with Crippen LogP contribution in [-0.4, -0.2) is 35.1 Å². The van der Waals surface area contributed by atoms with E-state index >= 15 is 0 Å². The lowest BCUT2D eigenvalue weighted by Crippen LogP contribution is -2.34. The maximum absolute atomic E-state index is 10.3. The zero-order chi connectivity index (χ0) is 8.85. The third-order valence-corrected chi connectivity index (χ3v) is 1.91. The largest absolute Gasteiger partial charge is 0.481 e. The highest BCUT2D eigenvalue weighted by Gasteiger charge is 2.12. The third-order valence-electron chi connectivity index (χ3n) is 1.91. The molecule has 0 saturated carbocycles. The molecule has 1 atom stereocenters. The molecule has 0 aromatic carbocycles. The van der Waals surface area contributed by atoms with Gasteiger partial charge in [-0.1, -0.05) is 13.8 Å². The Morgan fingerprint density at radius 1 is 1.45 bits per heavy atom. The van der Waals surface area contributed by atoms with Crippen LogP contribution in [0.5, 0.6) is 0 Å². The summed E-state index contributed by atoms with van der Waals surface area (Å²) >= 11 is 0. The van der Waals surface area contributed by atoms with Crippen LogP contribution in [0.1, 0.15) is 27.2 Å². The average molecular weight is 159 g/mol. The molecule has 0 saturated heterocycles. The maximum atomic E-state index is 10.3. The fraction of sp³-hybridized carbons (Fsp3) is 0.875. The molecule has 0 amide bonds. The predicted molar refractivity (Wildman–Crippen MR) is 44.6 cm³/mol. The Bertz CT molecular complexity index is 121. The first kappa shape index (κ1) is 10.4. The lowest BCUT2D eigenvalue weighted by molar-refractivity contribution is -0.138. The normalized spacial score (nSPS) is 13.5. The molecule has 1 N–H and O–H groups in total. The molecule has 0 radical (unpaired) electrons. The van der Waals surface area contributed by atoms with Crippen molar-refractivity contribution in [3.8, 4) is 0 Å². The molecule has 11 heavy (non-hydrogen) atoms. The predicted octanol–water partition coefficient (Wildman–Crippen LogP) is 1.19. The summed E-state index contributed by atoms with van der Waals surface area (Å²) in [5.74, 6) is -0.718. The molecule has 3 nitrogen and oxygen atoms in total. The van der Waals surface area contributed by atoms with Crippen LogP contribution < -0.4 is 0 Å². The van der Waals surface area contributed by atoms with E-state index in [-0.39, 0.29) is 12.5 Å². The summed E-state index contributed by atoms with van der Waals surface area (Å²) in [6.45, 7) is 7.88. The van der Waals surface area contributed by atoms with E-state index in [0.29, 0.717) is 0 Å². The molecule has 0 aromatic heterocycles. The van der Waals surface area contributed by atoms with Crippen molar-refractivity contribution in [3.05, 3.63) is 0 Å². The zero-order valence-electron chi connectivity index (χ0n) is 7.50. The molecule has 0 heterocycles. The fourth-order valence-electron chi connectivity index (χ4n) is 1.23. The Balaban J connectivity index is 3.78. The third kappa shape index (κ3) is 3.98. The standard InChI is InChI=1S/C8H17NO2/c1-4-9(5-2)7(3)6-8(10)11/h7H,4-6H2,1-3H3,(H,10,11)/t7-/m0/s1. The summed E-state index contributed by atoms with van der Waals surface area (Å²) in [5.41, 5.74) is 0. The minimum atomic E-state index is -0.718. The van der Waals surface area contributed by atoms with E-state index in [2.05, 4.69) is 4.90 Å². The van der Waals surface area contributed by atoms with Gasteiger partial charge in [0.1, 0.15) is 0 Å². The number of rotatable bonds is 5. The Morgan fingerprint density at radius 2 is 1.91 bits per heavy atom. The van der Waals surface area contributed by atoms with Crippen molar-refractivity contribution in [1.82, 2.24) is 4.90 Å². The van der Waals surface area contributed by atoms with E-state index in [9.17, 15) is 4.79 Å². The Hall–Kier alpha value is -0.570. The van der Waals surface area contributed by atoms with E-state index in [1.54, 1.807) is 0 Å². The SMILES string of the molecule is CCN(CC)[C@@H](C)CC(=O)O. The Morgan fingerprint density at radius 3 is 2.18 bits per heavy atom. The summed E-state index contributed by atoms with van der Waals surface area (Å²) in [4.78, 5) is 12.5. The number of hydrogen-bond acceptors (Lipinski definition) is 2. The second-order valence-corrected chi connectivity index (χ2v) is 2.67. The quantitative estimate of drug-likeness (QED) is 0.655. The summed E-state index contributed by atoms with van der Waals surface area (Å²) in [5, 5.41) is 8.50. The van der Waals surface area contributed by atoms with Crippen molar-refractivity contribution in [1.29, 1.82) is 0 Å². The molecule has 0 bridgehead atoms. The summed E-state index contributed by atoms with van der Waals surface area (Å²) < 4.78 is 0. The summed E-state index contributed by atoms with van der Waals surface area (Å²) in [6.07, 6.45) is 0.238. The number of carboxylic acid groups (broad SMARTS) is 1. The average Bonchev–Trinajstić information content (AvgIpc) is 1.88. The van der Waals surface area contributed by atoms with Gasteiger partial charge in [-0.2, -0.15) is 0 Å². The Labute approximate surface area is 68.0 Å². The molecule has 0 aliphatic rings.